The summed E-state index contributed by atoms with van der Waals surface area (Å²) in [6.45, 7) is 9.41. The fourth-order valence-corrected chi connectivity index (χ4v) is 4.47. The van der Waals surface area contributed by atoms with E-state index < -0.39 is 0 Å². The number of fused-ring (bicyclic) bond motifs is 1. The van der Waals surface area contributed by atoms with Crippen LogP contribution in [0.5, 0.6) is 11.5 Å². The molecule has 0 saturated carbocycles. The van der Waals surface area contributed by atoms with Gasteiger partial charge in [0, 0.05) is 29.3 Å². The van der Waals surface area contributed by atoms with Gasteiger partial charge in [0.15, 0.2) is 0 Å². The lowest BCUT2D eigenvalue weighted by Crippen LogP contribution is -2.31. The molecule has 180 valence electrons. The first-order chi connectivity index (χ1) is 16.3. The summed E-state index contributed by atoms with van der Waals surface area (Å²) in [5, 5.41) is 18.5. The molecule has 1 atom stereocenters. The molecule has 0 bridgehead atoms. The molecule has 0 fully saturated rings. The van der Waals surface area contributed by atoms with Gasteiger partial charge in [-0.25, -0.2) is 0 Å². The maximum Gasteiger partial charge on any atom is 0.273 e. The molecule has 0 aliphatic carbocycles. The number of hydrogen-bond acceptors (Lipinski definition) is 5. The van der Waals surface area contributed by atoms with Crippen LogP contribution in [0.1, 0.15) is 60.4 Å². The molecule has 34 heavy (non-hydrogen) atoms. The van der Waals surface area contributed by atoms with Crippen molar-refractivity contribution in [2.75, 3.05) is 19.8 Å². The minimum atomic E-state index is -0.370. The number of benzene rings is 2. The fourth-order valence-electron chi connectivity index (χ4n) is 4.30. The molecule has 4 rings (SSSR count). The number of H-pyrrole nitrogens is 1. The summed E-state index contributed by atoms with van der Waals surface area (Å²) in [7, 11) is 0. The van der Waals surface area contributed by atoms with Crippen LogP contribution in [0.4, 0.5) is 0 Å². The average molecular weight is 484 g/mol. The normalized spacial score (nSPS) is 15.3. The molecule has 3 aromatic rings. The second kappa shape index (κ2) is 10.1. The van der Waals surface area contributed by atoms with Crippen molar-refractivity contribution >= 4 is 17.5 Å². The highest BCUT2D eigenvalue weighted by Gasteiger charge is 2.42. The van der Waals surface area contributed by atoms with Crippen LogP contribution in [0.2, 0.25) is 5.02 Å². The molecule has 2 N–H and O–H groups in total. The Bertz CT molecular complexity index is 1170. The number of rotatable bonds is 9. The maximum absolute atomic E-state index is 13.4. The zero-order chi connectivity index (χ0) is 24.4. The van der Waals surface area contributed by atoms with Gasteiger partial charge in [-0.2, -0.15) is 5.10 Å². The van der Waals surface area contributed by atoms with Gasteiger partial charge in [-0.1, -0.05) is 23.7 Å². The van der Waals surface area contributed by atoms with Crippen LogP contribution in [0, 0.1) is 6.92 Å². The Morgan fingerprint density at radius 1 is 1.24 bits per heavy atom. The summed E-state index contributed by atoms with van der Waals surface area (Å²) in [6.07, 6.45) is 0.834. The number of carbonyl (C=O) groups is 1. The van der Waals surface area contributed by atoms with E-state index in [-0.39, 0.29) is 23.8 Å². The molecule has 8 heteroatoms. The lowest BCUT2D eigenvalue weighted by molar-refractivity contribution is 0.0601. The average Bonchev–Trinajstić information content (AvgIpc) is 3.33. The molecule has 0 saturated heterocycles. The van der Waals surface area contributed by atoms with E-state index in [1.807, 2.05) is 56.9 Å². The summed E-state index contributed by atoms with van der Waals surface area (Å²) in [4.78, 5) is 15.3. The molecule has 0 radical (unpaired) electrons. The van der Waals surface area contributed by atoms with E-state index in [9.17, 15) is 9.90 Å². The van der Waals surface area contributed by atoms with E-state index in [2.05, 4.69) is 10.2 Å². The zero-order valence-corrected chi connectivity index (χ0v) is 20.6. The molecule has 2 aromatic carbocycles. The number of aromatic amines is 1. The number of phenolic OH excluding ortho intramolecular Hbond substituents is 1. The van der Waals surface area contributed by atoms with Gasteiger partial charge < -0.3 is 19.5 Å². The number of carbonyl (C=O) groups excluding carboxylic acids is 1. The van der Waals surface area contributed by atoms with Crippen molar-refractivity contribution in [2.45, 2.75) is 46.3 Å². The van der Waals surface area contributed by atoms with Crippen molar-refractivity contribution in [3.63, 3.8) is 0 Å². The van der Waals surface area contributed by atoms with Crippen LogP contribution in [0.15, 0.2) is 36.4 Å². The van der Waals surface area contributed by atoms with Crippen LogP contribution < -0.4 is 4.74 Å². The molecule has 1 amide bonds. The first-order valence-corrected chi connectivity index (χ1v) is 11.9. The van der Waals surface area contributed by atoms with Crippen molar-refractivity contribution in [3.05, 3.63) is 63.8 Å². The van der Waals surface area contributed by atoms with E-state index >= 15 is 0 Å². The Morgan fingerprint density at radius 3 is 2.65 bits per heavy atom. The number of aryl methyl sites for hydroxylation is 1. The van der Waals surface area contributed by atoms with E-state index in [4.69, 9.17) is 21.1 Å². The predicted octanol–water partition coefficient (Wildman–Crippen LogP) is 5.50. The monoisotopic (exact) mass is 483 g/mol. The molecule has 1 aromatic heterocycles. The molecule has 7 nitrogen and oxygen atoms in total. The molecule has 1 aliphatic heterocycles. The standard InChI is InChI=1S/C26H30ClN3O4/c1-5-33-18-9-7-17(8-10-18)25-22-23(19-14-20(27)16(4)13-21(19)31)28-29-24(22)26(32)30(25)11-6-12-34-15(2)3/h7-10,13-15,25,31H,5-6,11-12H2,1-4H3,(H,28,29). The summed E-state index contributed by atoms with van der Waals surface area (Å²) in [5.74, 6) is 0.704. The van der Waals surface area contributed by atoms with E-state index in [0.29, 0.717) is 48.2 Å². The Labute approximate surface area is 204 Å². The summed E-state index contributed by atoms with van der Waals surface area (Å²) in [6, 6.07) is 10.7. The minimum Gasteiger partial charge on any atom is -0.507 e. The highest BCUT2D eigenvalue weighted by molar-refractivity contribution is 6.31. The lowest BCUT2D eigenvalue weighted by atomic mass is 9.95. The summed E-state index contributed by atoms with van der Waals surface area (Å²) in [5.41, 5.74) is 3.86. The van der Waals surface area contributed by atoms with Crippen LogP contribution in [-0.2, 0) is 4.74 Å². The number of ether oxygens (including phenoxy) is 2. The van der Waals surface area contributed by atoms with Gasteiger partial charge in [0.25, 0.3) is 5.91 Å². The SMILES string of the molecule is CCOc1ccc(C2c3c(-c4cc(Cl)c(C)cc4O)n[nH]c3C(=O)N2CCCOC(C)C)cc1. The first-order valence-electron chi connectivity index (χ1n) is 11.5. The van der Waals surface area contributed by atoms with E-state index in [0.717, 1.165) is 22.4 Å². The quantitative estimate of drug-likeness (QED) is 0.392. The number of amides is 1. The molecule has 1 unspecified atom stereocenters. The molecular formula is C26H30ClN3O4. The first kappa shape index (κ1) is 24.1. The molecular weight excluding hydrogens is 454 g/mol. The molecule has 2 heterocycles. The van der Waals surface area contributed by atoms with Crippen molar-refractivity contribution in [1.82, 2.24) is 15.1 Å². The number of halogens is 1. The van der Waals surface area contributed by atoms with Crippen LogP contribution in [-0.4, -0.2) is 52.0 Å². The van der Waals surface area contributed by atoms with Gasteiger partial charge in [0.1, 0.15) is 22.9 Å². The van der Waals surface area contributed by atoms with Gasteiger partial charge >= 0.3 is 0 Å². The number of phenols is 1. The number of nitrogens with zero attached hydrogens (tertiary/aromatic N) is 2. The minimum absolute atomic E-state index is 0.0675. The van der Waals surface area contributed by atoms with Crippen LogP contribution in [0.3, 0.4) is 0 Å². The Morgan fingerprint density at radius 2 is 1.97 bits per heavy atom. The van der Waals surface area contributed by atoms with Gasteiger partial charge in [0.05, 0.1) is 18.8 Å². The number of aromatic hydroxyl groups is 1. The van der Waals surface area contributed by atoms with E-state index in [1.54, 1.807) is 12.1 Å². The van der Waals surface area contributed by atoms with E-state index in [1.165, 1.54) is 0 Å². The Balaban J connectivity index is 1.76. The smallest absolute Gasteiger partial charge is 0.273 e. The third kappa shape index (κ3) is 4.63. The second-order valence-electron chi connectivity index (χ2n) is 8.66. The topological polar surface area (TPSA) is 87.7 Å². The third-order valence-corrected chi connectivity index (χ3v) is 6.30. The second-order valence-corrected chi connectivity index (χ2v) is 9.06. The Hall–Kier alpha value is -3.03. The van der Waals surface area contributed by atoms with Crippen molar-refractivity contribution in [2.24, 2.45) is 0 Å². The molecule has 1 aliphatic rings. The highest BCUT2D eigenvalue weighted by atomic mass is 35.5. The van der Waals surface area contributed by atoms with Gasteiger partial charge in [-0.05, 0) is 69.5 Å². The van der Waals surface area contributed by atoms with Gasteiger partial charge in [-0.15, -0.1) is 0 Å². The highest BCUT2D eigenvalue weighted by Crippen LogP contribution is 2.45. The van der Waals surface area contributed by atoms with Gasteiger partial charge in [-0.3, -0.25) is 9.89 Å². The number of nitrogens with one attached hydrogen (secondary N) is 1. The third-order valence-electron chi connectivity index (χ3n) is 5.90. The molecule has 0 spiro atoms. The van der Waals surface area contributed by atoms with Crippen molar-refractivity contribution in [3.8, 4) is 22.8 Å². The number of aromatic nitrogens is 2. The van der Waals surface area contributed by atoms with Crippen molar-refractivity contribution in [1.29, 1.82) is 0 Å². The van der Waals surface area contributed by atoms with Crippen molar-refractivity contribution < 1.29 is 19.4 Å². The van der Waals surface area contributed by atoms with Crippen LogP contribution in [0.25, 0.3) is 11.3 Å². The largest absolute Gasteiger partial charge is 0.507 e. The maximum atomic E-state index is 13.4. The summed E-state index contributed by atoms with van der Waals surface area (Å²) >= 11 is 6.37. The predicted molar refractivity (Wildman–Crippen MR) is 132 cm³/mol. The fraction of sp³-hybridized carbons (Fsp3) is 0.385. The number of hydrogen-bond donors (Lipinski definition) is 2. The zero-order valence-electron chi connectivity index (χ0n) is 19.9. The van der Waals surface area contributed by atoms with Gasteiger partial charge in [0.2, 0.25) is 0 Å². The lowest BCUT2D eigenvalue weighted by Gasteiger charge is -2.27. The summed E-state index contributed by atoms with van der Waals surface area (Å²) < 4.78 is 11.3. The Kier molecular flexibility index (Phi) is 7.14. The van der Waals surface area contributed by atoms with Crippen LogP contribution >= 0.6 is 11.6 Å².